The number of ether oxygens (including phenoxy) is 2. The summed E-state index contributed by atoms with van der Waals surface area (Å²) in [4.78, 5) is 43.9. The highest BCUT2D eigenvalue weighted by Crippen LogP contribution is 2.47. The van der Waals surface area contributed by atoms with Gasteiger partial charge in [-0.2, -0.15) is 0 Å². The fourth-order valence-electron chi connectivity index (χ4n) is 8.80. The number of hydrogen-bond acceptors (Lipinski definition) is 6. The Balaban J connectivity index is 1.36. The molecule has 0 unspecified atom stereocenters. The molecule has 3 aromatic heterocycles. The Morgan fingerprint density at radius 1 is 0.433 bits per heavy atom. The number of aromatic nitrogens is 4. The lowest BCUT2D eigenvalue weighted by molar-refractivity contribution is 0.0592. The summed E-state index contributed by atoms with van der Waals surface area (Å²) in [6, 6.07) is 52.7. The Kier molecular flexibility index (Phi) is 8.06. The number of benzene rings is 6. The molecule has 9 aromatic rings. The number of carbonyl (C=O) groups is 2. The van der Waals surface area contributed by atoms with Crippen LogP contribution in [0.25, 0.3) is 111 Å². The van der Waals surface area contributed by atoms with E-state index < -0.39 is 11.9 Å². The second-order valence-electron chi connectivity index (χ2n) is 14.9. The first-order valence-electron chi connectivity index (χ1n) is 19.6. The molecule has 0 saturated carbocycles. The molecule has 2 aliphatic rings. The molecular weight excluding hydrogens is 745 g/mol. The van der Waals surface area contributed by atoms with Crippen LogP contribution in [0.4, 0.5) is 0 Å². The number of hydrogen-bond donors (Lipinski definition) is 2. The monoisotopic (exact) mass is 778 g/mol. The van der Waals surface area contributed by atoms with Crippen molar-refractivity contribution < 1.29 is 19.1 Å². The van der Waals surface area contributed by atoms with Crippen molar-refractivity contribution in [2.45, 2.75) is 0 Å². The zero-order valence-electron chi connectivity index (χ0n) is 32.5. The lowest BCUT2D eigenvalue weighted by Gasteiger charge is -2.08. The van der Waals surface area contributed by atoms with Crippen molar-refractivity contribution in [1.82, 2.24) is 19.9 Å². The lowest BCUT2D eigenvalue weighted by atomic mass is 9.95. The van der Waals surface area contributed by atoms with Crippen LogP contribution in [0.2, 0.25) is 0 Å². The van der Waals surface area contributed by atoms with Crippen LogP contribution in [0.5, 0.6) is 0 Å². The quantitative estimate of drug-likeness (QED) is 0.172. The van der Waals surface area contributed by atoms with Crippen LogP contribution < -0.4 is 0 Å². The first kappa shape index (κ1) is 35.1. The van der Waals surface area contributed by atoms with Crippen LogP contribution in [-0.4, -0.2) is 46.1 Å². The van der Waals surface area contributed by atoms with E-state index >= 15 is 0 Å². The summed E-state index contributed by atoms with van der Waals surface area (Å²) in [5.74, 6) is -0.795. The number of H-pyrrole nitrogens is 2. The van der Waals surface area contributed by atoms with E-state index in [-0.39, 0.29) is 0 Å². The molecule has 5 heterocycles. The van der Waals surface area contributed by atoms with Gasteiger partial charge in [-0.05, 0) is 47.5 Å². The van der Waals surface area contributed by atoms with Gasteiger partial charge in [-0.15, -0.1) is 0 Å². The molecule has 8 bridgehead atoms. The van der Waals surface area contributed by atoms with Crippen LogP contribution in [-0.2, 0) is 9.47 Å². The summed E-state index contributed by atoms with van der Waals surface area (Å²) in [5.41, 5.74) is 15.3. The molecular formula is C52H34N4O4. The van der Waals surface area contributed by atoms with Crippen molar-refractivity contribution in [2.24, 2.45) is 0 Å². The van der Waals surface area contributed by atoms with E-state index in [1.807, 2.05) is 72.8 Å². The molecule has 0 aliphatic carbocycles. The van der Waals surface area contributed by atoms with E-state index in [2.05, 4.69) is 70.6 Å². The summed E-state index contributed by atoms with van der Waals surface area (Å²) in [6.07, 6.45) is 0. The van der Waals surface area contributed by atoms with Gasteiger partial charge in [-0.1, -0.05) is 121 Å². The van der Waals surface area contributed by atoms with Crippen LogP contribution in [0.1, 0.15) is 20.7 Å². The molecule has 60 heavy (non-hydrogen) atoms. The third-order valence-electron chi connectivity index (χ3n) is 11.6. The standard InChI is InChI=1S/C52H34N4O4/c1-59-51(57)31-23-19-29(20-24-31)45-47-37-15-7-3-11-33(37)41(53-47)27-43-35-13-5-9-17-39(35)49(55-43)46(30-21-25-32(26-22-30)52(58)60-2)50-40-18-10-6-14-36(40)44(56-50)28-42-34-12-4-8-16-38(34)48(45)54-42/h3-28,53,56H,1-2H3. The number of nitrogens with one attached hydrogen (secondary N) is 2. The van der Waals surface area contributed by atoms with Crippen molar-refractivity contribution in [3.05, 3.63) is 169 Å². The van der Waals surface area contributed by atoms with Gasteiger partial charge in [0.1, 0.15) is 0 Å². The van der Waals surface area contributed by atoms with Crippen LogP contribution in [0, 0.1) is 0 Å². The molecule has 0 radical (unpaired) electrons. The van der Waals surface area contributed by atoms with Crippen molar-refractivity contribution in [3.63, 3.8) is 0 Å². The molecule has 0 spiro atoms. The van der Waals surface area contributed by atoms with Gasteiger partial charge in [0.15, 0.2) is 0 Å². The number of rotatable bonds is 4. The topological polar surface area (TPSA) is 110 Å². The fourth-order valence-corrected chi connectivity index (χ4v) is 8.80. The number of nitrogens with zero attached hydrogens (tertiary/aromatic N) is 2. The highest BCUT2D eigenvalue weighted by molar-refractivity contribution is 6.17. The molecule has 0 amide bonds. The third-order valence-corrected chi connectivity index (χ3v) is 11.6. The average molecular weight is 779 g/mol. The largest absolute Gasteiger partial charge is 0.465 e. The van der Waals surface area contributed by atoms with Crippen LogP contribution >= 0.6 is 0 Å². The fraction of sp³-hybridized carbons (Fsp3) is 0.0385. The SMILES string of the molecule is COC(=O)c1ccc(-c2c3nc(cc4[nH]c(c(-c5ccc(C(=O)OC)cc5)c5nc(cc6[nH]c2c2ccccc62)-c2ccccc2-5)c2ccccc42)-c2ccccc2-3)cc1. The van der Waals surface area contributed by atoms with Crippen LogP contribution in [0.15, 0.2) is 158 Å². The zero-order valence-corrected chi connectivity index (χ0v) is 32.5. The van der Waals surface area contributed by atoms with Gasteiger partial charge in [0.05, 0.1) is 59.2 Å². The molecule has 0 saturated heterocycles. The molecule has 286 valence electrons. The van der Waals surface area contributed by atoms with E-state index in [0.29, 0.717) is 11.1 Å². The van der Waals surface area contributed by atoms with Gasteiger partial charge in [-0.25, -0.2) is 19.6 Å². The number of carbonyl (C=O) groups excluding carboxylic acids is 2. The minimum Gasteiger partial charge on any atom is -0.465 e. The summed E-state index contributed by atoms with van der Waals surface area (Å²) >= 11 is 0. The zero-order chi connectivity index (χ0) is 40.5. The Bertz CT molecular complexity index is 3200. The predicted molar refractivity (Wildman–Crippen MR) is 238 cm³/mol. The Morgan fingerprint density at radius 2 is 0.783 bits per heavy atom. The predicted octanol–water partition coefficient (Wildman–Crippen LogP) is 12.2. The average Bonchev–Trinajstić information content (AvgIpc) is 4.06. The van der Waals surface area contributed by atoms with Crippen molar-refractivity contribution in [3.8, 4) is 67.3 Å². The summed E-state index contributed by atoms with van der Waals surface area (Å²) < 4.78 is 10.1. The smallest absolute Gasteiger partial charge is 0.337 e. The van der Waals surface area contributed by atoms with Gasteiger partial charge in [0, 0.05) is 66.0 Å². The highest BCUT2D eigenvalue weighted by Gasteiger charge is 2.26. The van der Waals surface area contributed by atoms with E-state index in [9.17, 15) is 9.59 Å². The molecule has 6 aromatic carbocycles. The minimum absolute atomic E-state index is 0.398. The second-order valence-corrected chi connectivity index (χ2v) is 14.9. The first-order valence-corrected chi connectivity index (χ1v) is 19.6. The normalized spacial score (nSPS) is 11.6. The molecule has 8 heteroatoms. The van der Waals surface area contributed by atoms with Crippen molar-refractivity contribution in [1.29, 1.82) is 0 Å². The summed E-state index contributed by atoms with van der Waals surface area (Å²) in [7, 11) is 2.78. The molecule has 0 atom stereocenters. The third kappa shape index (κ3) is 5.45. The van der Waals surface area contributed by atoms with Gasteiger partial charge in [0.25, 0.3) is 0 Å². The Labute approximate surface area is 343 Å². The minimum atomic E-state index is -0.398. The van der Waals surface area contributed by atoms with Gasteiger partial charge in [0.2, 0.25) is 0 Å². The molecule has 0 fully saturated rings. The Hall–Kier alpha value is -8.10. The number of aromatic amines is 2. The summed E-state index contributed by atoms with van der Waals surface area (Å²) in [6.45, 7) is 0. The van der Waals surface area contributed by atoms with E-state index in [1.54, 1.807) is 24.3 Å². The second kappa shape index (κ2) is 13.8. The first-order chi connectivity index (χ1) is 29.5. The van der Waals surface area contributed by atoms with Crippen LogP contribution in [0.3, 0.4) is 0 Å². The molecule has 8 nitrogen and oxygen atoms in total. The summed E-state index contributed by atoms with van der Waals surface area (Å²) in [5, 5.41) is 4.09. The van der Waals surface area contributed by atoms with Crippen molar-refractivity contribution >= 4 is 55.6 Å². The van der Waals surface area contributed by atoms with Crippen molar-refractivity contribution in [2.75, 3.05) is 14.2 Å². The van der Waals surface area contributed by atoms with E-state index in [4.69, 9.17) is 19.4 Å². The maximum atomic E-state index is 12.6. The number of esters is 2. The maximum Gasteiger partial charge on any atom is 0.337 e. The van der Waals surface area contributed by atoms with Gasteiger partial charge < -0.3 is 19.4 Å². The number of methoxy groups -OCH3 is 2. The maximum absolute atomic E-state index is 12.6. The van der Waals surface area contributed by atoms with Gasteiger partial charge in [-0.3, -0.25) is 0 Å². The molecule has 2 N–H and O–H groups in total. The number of fused-ring (bicyclic) bond motifs is 20. The Morgan fingerprint density at radius 3 is 1.17 bits per heavy atom. The van der Waals surface area contributed by atoms with Gasteiger partial charge >= 0.3 is 11.9 Å². The lowest BCUT2D eigenvalue weighted by Crippen LogP contribution is -2.00. The molecule has 2 aliphatic heterocycles. The van der Waals surface area contributed by atoms with E-state index in [0.717, 1.165) is 111 Å². The molecule has 11 rings (SSSR count). The van der Waals surface area contributed by atoms with E-state index in [1.165, 1.54) is 14.2 Å². The highest BCUT2D eigenvalue weighted by atomic mass is 16.5.